The normalized spacial score (nSPS) is 12.3. The van der Waals surface area contributed by atoms with Gasteiger partial charge in [0.2, 0.25) is 0 Å². The van der Waals surface area contributed by atoms with Gasteiger partial charge in [-0.1, -0.05) is 115 Å². The van der Waals surface area contributed by atoms with E-state index in [1.165, 1.54) is 79.1 Å². The van der Waals surface area contributed by atoms with Crippen LogP contribution in [0.5, 0.6) is 11.5 Å². The number of nitrogens with zero attached hydrogens (tertiary/aromatic N) is 2. The predicted octanol–water partition coefficient (Wildman–Crippen LogP) is 14.8. The molecule has 0 amide bonds. The van der Waals surface area contributed by atoms with Crippen molar-refractivity contribution in [3.05, 3.63) is 170 Å². The van der Waals surface area contributed by atoms with Crippen LogP contribution < -0.4 is 9.64 Å². The number of benzene rings is 8. The Bertz CT molecular complexity index is 3160. The summed E-state index contributed by atoms with van der Waals surface area (Å²) in [4.78, 5) is 2.48. The monoisotopic (exact) mass is 712 g/mol. The van der Waals surface area contributed by atoms with Crippen molar-refractivity contribution in [1.82, 2.24) is 4.57 Å². The van der Waals surface area contributed by atoms with Gasteiger partial charge in [-0.25, -0.2) is 0 Å². The second-order valence-corrected chi connectivity index (χ2v) is 15.8. The second kappa shape index (κ2) is 11.1. The Morgan fingerprint density at radius 2 is 0.943 bits per heavy atom. The van der Waals surface area contributed by atoms with Crippen molar-refractivity contribution in [2.45, 2.75) is 0 Å². The Hall–Kier alpha value is -6.40. The van der Waals surface area contributed by atoms with Crippen molar-refractivity contribution in [3.8, 4) is 28.3 Å². The lowest BCUT2D eigenvalue weighted by Crippen LogP contribution is -2.10. The fraction of sp³-hybridized carbons (Fsp3) is 0. The van der Waals surface area contributed by atoms with Crippen molar-refractivity contribution >= 4 is 102 Å². The van der Waals surface area contributed by atoms with E-state index in [0.29, 0.717) is 0 Å². The SMILES string of the molecule is c1ccc2c(c1)Oc1cccc3c4cccc(-c5ccc(N(c6cccc7c6sc6ccccc67)c6cccc7c6sc6ccccc67)cc5)c4n-2c13. The lowest BCUT2D eigenvalue weighted by Gasteiger charge is -2.27. The van der Waals surface area contributed by atoms with Crippen molar-refractivity contribution < 1.29 is 4.74 Å². The summed E-state index contributed by atoms with van der Waals surface area (Å²) in [6.07, 6.45) is 0. The molecular weight excluding hydrogens is 685 g/mol. The average molecular weight is 713 g/mol. The van der Waals surface area contributed by atoms with Crippen LogP contribution in [0.1, 0.15) is 0 Å². The summed E-state index contributed by atoms with van der Waals surface area (Å²) in [6, 6.07) is 61.7. The van der Waals surface area contributed by atoms with Gasteiger partial charge in [-0.15, -0.1) is 22.7 Å². The Kier molecular flexibility index (Phi) is 6.09. The number of ether oxygens (including phenoxy) is 1. The van der Waals surface area contributed by atoms with Gasteiger partial charge in [0.1, 0.15) is 0 Å². The van der Waals surface area contributed by atoms with Crippen LogP contribution in [0.15, 0.2) is 170 Å². The second-order valence-electron chi connectivity index (χ2n) is 13.6. The number of hydrogen-bond acceptors (Lipinski definition) is 4. The summed E-state index contributed by atoms with van der Waals surface area (Å²) in [5.41, 5.74) is 9.24. The van der Waals surface area contributed by atoms with Crippen LogP contribution in [-0.4, -0.2) is 4.57 Å². The highest BCUT2D eigenvalue weighted by Crippen LogP contribution is 2.50. The molecule has 11 aromatic rings. The molecule has 0 atom stereocenters. The van der Waals surface area contributed by atoms with Crippen LogP contribution >= 0.6 is 22.7 Å². The minimum absolute atomic E-state index is 0.872. The van der Waals surface area contributed by atoms with Crippen LogP contribution in [-0.2, 0) is 0 Å². The number of thiophene rings is 2. The van der Waals surface area contributed by atoms with Crippen LogP contribution in [0.25, 0.3) is 79.0 Å². The first-order valence-electron chi connectivity index (χ1n) is 17.8. The van der Waals surface area contributed by atoms with E-state index in [0.717, 1.165) is 28.4 Å². The van der Waals surface area contributed by atoms with Crippen molar-refractivity contribution in [1.29, 1.82) is 0 Å². The molecule has 53 heavy (non-hydrogen) atoms. The van der Waals surface area contributed by atoms with Gasteiger partial charge in [0, 0.05) is 53.0 Å². The summed E-state index contributed by atoms with van der Waals surface area (Å²) in [6.45, 7) is 0. The largest absolute Gasteiger partial charge is 0.453 e. The molecule has 0 saturated heterocycles. The molecule has 8 aromatic carbocycles. The maximum Gasteiger partial charge on any atom is 0.152 e. The quantitative estimate of drug-likeness (QED) is 0.181. The standard InChI is InChI=1S/C48H28N2OS2/c1-5-23-43-32(11-1)36-16-8-19-39(47(36)52-43)49(40-20-9-17-37-33-12-2-6-24-44(33)53-48(37)40)30-27-25-29(26-28-30)31-13-7-14-34-35-15-10-22-42-46(35)50(45(31)34)38-18-3-4-21-41(38)51-42/h1-28H. The molecule has 0 N–H and O–H groups in total. The highest BCUT2D eigenvalue weighted by atomic mass is 32.1. The molecule has 5 heteroatoms. The molecule has 4 heterocycles. The fourth-order valence-corrected chi connectivity index (χ4v) is 10.9. The molecule has 248 valence electrons. The Balaban J connectivity index is 1.09. The Labute approximate surface area is 312 Å². The summed E-state index contributed by atoms with van der Waals surface area (Å²) < 4.78 is 14.0. The van der Waals surface area contributed by atoms with Gasteiger partial charge in [0.05, 0.1) is 37.5 Å². The highest BCUT2D eigenvalue weighted by Gasteiger charge is 2.26. The first kappa shape index (κ1) is 29.2. The molecule has 3 nitrogen and oxygen atoms in total. The first-order valence-corrected chi connectivity index (χ1v) is 19.5. The lowest BCUT2D eigenvalue weighted by atomic mass is 10.0. The van der Waals surface area contributed by atoms with Crippen LogP contribution in [0.4, 0.5) is 17.1 Å². The maximum atomic E-state index is 6.43. The number of para-hydroxylation sites is 4. The number of rotatable bonds is 4. The molecule has 3 aromatic heterocycles. The summed E-state index contributed by atoms with van der Waals surface area (Å²) in [7, 11) is 0. The van der Waals surface area contributed by atoms with E-state index in [2.05, 4.69) is 173 Å². The van der Waals surface area contributed by atoms with E-state index in [9.17, 15) is 0 Å². The van der Waals surface area contributed by atoms with Gasteiger partial charge in [-0.2, -0.15) is 0 Å². The fourth-order valence-electron chi connectivity index (χ4n) is 8.50. The molecule has 0 fully saturated rings. The molecule has 0 saturated carbocycles. The van der Waals surface area contributed by atoms with Gasteiger partial charge in [-0.05, 0) is 60.2 Å². The molecule has 1 aliphatic heterocycles. The minimum atomic E-state index is 0.872. The molecular formula is C48H28N2OS2. The molecule has 0 spiro atoms. The Morgan fingerprint density at radius 3 is 1.64 bits per heavy atom. The Morgan fingerprint density at radius 1 is 0.415 bits per heavy atom. The van der Waals surface area contributed by atoms with Crippen molar-refractivity contribution in [2.24, 2.45) is 0 Å². The van der Waals surface area contributed by atoms with Crippen molar-refractivity contribution in [2.75, 3.05) is 4.90 Å². The number of fused-ring (bicyclic) bond motifs is 11. The number of hydrogen-bond donors (Lipinski definition) is 0. The minimum Gasteiger partial charge on any atom is -0.453 e. The molecule has 0 aliphatic carbocycles. The molecule has 0 unspecified atom stereocenters. The first-order chi connectivity index (χ1) is 26.3. The summed E-state index contributed by atoms with van der Waals surface area (Å²) in [5.74, 6) is 1.76. The third-order valence-electron chi connectivity index (χ3n) is 10.8. The number of anilines is 3. The zero-order valence-corrected chi connectivity index (χ0v) is 29.9. The smallest absolute Gasteiger partial charge is 0.152 e. The van der Waals surface area contributed by atoms with E-state index < -0.39 is 0 Å². The molecule has 1 aliphatic rings. The third kappa shape index (κ3) is 4.15. The van der Waals surface area contributed by atoms with Crippen LogP contribution in [0, 0.1) is 0 Å². The maximum absolute atomic E-state index is 6.43. The average Bonchev–Trinajstić information content (AvgIpc) is 3.90. The molecule has 0 bridgehead atoms. The topological polar surface area (TPSA) is 17.4 Å². The van der Waals surface area contributed by atoms with Gasteiger partial charge in [0.15, 0.2) is 11.5 Å². The van der Waals surface area contributed by atoms with E-state index in [1.54, 1.807) is 0 Å². The van der Waals surface area contributed by atoms with Gasteiger partial charge in [-0.3, -0.25) is 0 Å². The molecule has 12 rings (SSSR count). The van der Waals surface area contributed by atoms with E-state index >= 15 is 0 Å². The van der Waals surface area contributed by atoms with Gasteiger partial charge in [0.25, 0.3) is 0 Å². The molecule has 0 radical (unpaired) electrons. The van der Waals surface area contributed by atoms with E-state index in [1.807, 2.05) is 28.7 Å². The number of aromatic nitrogens is 1. The zero-order chi connectivity index (χ0) is 34.6. The van der Waals surface area contributed by atoms with Crippen LogP contribution in [0.2, 0.25) is 0 Å². The van der Waals surface area contributed by atoms with Gasteiger partial charge < -0.3 is 14.2 Å². The summed E-state index contributed by atoms with van der Waals surface area (Å²) >= 11 is 3.75. The highest BCUT2D eigenvalue weighted by molar-refractivity contribution is 7.27. The zero-order valence-electron chi connectivity index (χ0n) is 28.3. The summed E-state index contributed by atoms with van der Waals surface area (Å²) in [5, 5.41) is 7.60. The third-order valence-corrected chi connectivity index (χ3v) is 13.2. The van der Waals surface area contributed by atoms with Gasteiger partial charge >= 0.3 is 0 Å². The lowest BCUT2D eigenvalue weighted by molar-refractivity contribution is 0.476. The van der Waals surface area contributed by atoms with Crippen LogP contribution in [0.3, 0.4) is 0 Å². The van der Waals surface area contributed by atoms with Crippen molar-refractivity contribution in [3.63, 3.8) is 0 Å². The van der Waals surface area contributed by atoms with E-state index in [-0.39, 0.29) is 0 Å². The predicted molar refractivity (Wildman–Crippen MR) is 227 cm³/mol. The van der Waals surface area contributed by atoms with E-state index in [4.69, 9.17) is 4.74 Å².